The normalized spacial score (nSPS) is 16.6. The zero-order chi connectivity index (χ0) is 22.0. The highest BCUT2D eigenvalue weighted by atomic mass is 16.5. The summed E-state index contributed by atoms with van der Waals surface area (Å²) in [6, 6.07) is 8.55. The van der Waals surface area contributed by atoms with Crippen LogP contribution in [-0.4, -0.2) is 62.1 Å². The number of nitrogens with zero attached hydrogens (tertiary/aromatic N) is 2. The van der Waals surface area contributed by atoms with Gasteiger partial charge in [0.2, 0.25) is 5.91 Å². The lowest BCUT2D eigenvalue weighted by atomic mass is 10.0. The quantitative estimate of drug-likeness (QED) is 0.448. The molecule has 1 unspecified atom stereocenters. The van der Waals surface area contributed by atoms with E-state index >= 15 is 0 Å². The molecule has 1 aromatic rings. The van der Waals surface area contributed by atoms with Crippen LogP contribution in [0.3, 0.4) is 0 Å². The molecule has 1 aliphatic rings. The summed E-state index contributed by atoms with van der Waals surface area (Å²) in [6.07, 6.45) is 3.76. The number of rotatable bonds is 8. The highest BCUT2D eigenvalue weighted by Crippen LogP contribution is 2.25. The number of ether oxygens (including phenoxy) is 1. The maximum Gasteiger partial charge on any atom is 0.242 e. The lowest BCUT2D eigenvalue weighted by Crippen LogP contribution is -2.45. The zero-order valence-corrected chi connectivity index (χ0v) is 19.3. The molecule has 168 valence electrons. The fraction of sp³-hybridized carbons (Fsp3) is 0.652. The van der Waals surface area contributed by atoms with Crippen LogP contribution in [0.4, 0.5) is 0 Å². The Hall–Kier alpha value is -2.28. The maximum atomic E-state index is 12.1. The second-order valence-electron chi connectivity index (χ2n) is 8.76. The SMILES string of the molecule is CCNC(=NCC(=O)NC(C)(C)C)NCC(c1ccc(OC)cc1)N1CCCCC1. The van der Waals surface area contributed by atoms with Crippen molar-refractivity contribution >= 4 is 11.9 Å². The smallest absolute Gasteiger partial charge is 0.242 e. The van der Waals surface area contributed by atoms with E-state index in [1.807, 2.05) is 39.8 Å². The Labute approximate surface area is 181 Å². The van der Waals surface area contributed by atoms with E-state index in [-0.39, 0.29) is 24.0 Å². The third-order valence-electron chi connectivity index (χ3n) is 5.03. The number of carbonyl (C=O) groups is 1. The number of hydrogen-bond acceptors (Lipinski definition) is 4. The number of carbonyl (C=O) groups excluding carboxylic acids is 1. The number of methoxy groups -OCH3 is 1. The molecule has 7 nitrogen and oxygen atoms in total. The Morgan fingerprint density at radius 3 is 2.37 bits per heavy atom. The second kappa shape index (κ2) is 11.8. The molecule has 1 fully saturated rings. The Kier molecular flexibility index (Phi) is 9.43. The van der Waals surface area contributed by atoms with Gasteiger partial charge in [0.1, 0.15) is 12.3 Å². The molecule has 1 aromatic carbocycles. The molecule has 0 radical (unpaired) electrons. The van der Waals surface area contributed by atoms with Gasteiger partial charge in [-0.2, -0.15) is 0 Å². The summed E-state index contributed by atoms with van der Waals surface area (Å²) < 4.78 is 5.32. The molecule has 1 atom stereocenters. The first-order chi connectivity index (χ1) is 14.3. The summed E-state index contributed by atoms with van der Waals surface area (Å²) in [5.41, 5.74) is 0.998. The lowest BCUT2D eigenvalue weighted by Gasteiger charge is -2.35. The summed E-state index contributed by atoms with van der Waals surface area (Å²) in [5, 5.41) is 9.65. The van der Waals surface area contributed by atoms with Gasteiger partial charge in [-0.15, -0.1) is 0 Å². The van der Waals surface area contributed by atoms with Gasteiger partial charge in [0.05, 0.1) is 13.2 Å². The van der Waals surface area contributed by atoms with Crippen LogP contribution in [0, 0.1) is 0 Å². The summed E-state index contributed by atoms with van der Waals surface area (Å²) in [5.74, 6) is 1.45. The molecule has 30 heavy (non-hydrogen) atoms. The van der Waals surface area contributed by atoms with Crippen LogP contribution < -0.4 is 20.7 Å². The van der Waals surface area contributed by atoms with E-state index in [0.29, 0.717) is 5.96 Å². The van der Waals surface area contributed by atoms with Crippen LogP contribution in [0.2, 0.25) is 0 Å². The van der Waals surface area contributed by atoms with E-state index in [9.17, 15) is 4.79 Å². The fourth-order valence-electron chi connectivity index (χ4n) is 3.66. The van der Waals surface area contributed by atoms with Gasteiger partial charge >= 0.3 is 0 Å². The van der Waals surface area contributed by atoms with Crippen LogP contribution >= 0.6 is 0 Å². The van der Waals surface area contributed by atoms with Gasteiger partial charge in [-0.05, 0) is 71.3 Å². The Bertz CT molecular complexity index is 676. The van der Waals surface area contributed by atoms with Crippen molar-refractivity contribution in [3.8, 4) is 5.75 Å². The molecular weight excluding hydrogens is 378 g/mol. The third kappa shape index (κ3) is 8.22. The van der Waals surface area contributed by atoms with E-state index in [1.165, 1.54) is 24.8 Å². The van der Waals surface area contributed by atoms with Gasteiger partial charge in [-0.1, -0.05) is 18.6 Å². The van der Waals surface area contributed by atoms with E-state index < -0.39 is 0 Å². The van der Waals surface area contributed by atoms with Crippen LogP contribution in [0.5, 0.6) is 5.75 Å². The molecule has 1 amide bonds. The van der Waals surface area contributed by atoms with Crippen molar-refractivity contribution in [2.24, 2.45) is 4.99 Å². The topological polar surface area (TPSA) is 78.0 Å². The second-order valence-corrected chi connectivity index (χ2v) is 8.76. The average molecular weight is 418 g/mol. The molecule has 1 saturated heterocycles. The number of amides is 1. The van der Waals surface area contributed by atoms with Gasteiger partial charge in [-0.25, -0.2) is 4.99 Å². The van der Waals surface area contributed by atoms with Gasteiger partial charge in [0, 0.05) is 18.6 Å². The number of aliphatic imine (C=N–C) groups is 1. The minimum atomic E-state index is -0.258. The van der Waals surface area contributed by atoms with Crippen molar-refractivity contribution in [1.29, 1.82) is 0 Å². The molecule has 1 aliphatic heterocycles. The average Bonchev–Trinajstić information content (AvgIpc) is 2.72. The molecule has 3 N–H and O–H groups in total. The molecule has 7 heteroatoms. The van der Waals surface area contributed by atoms with Gasteiger partial charge < -0.3 is 20.7 Å². The Morgan fingerprint density at radius 2 is 1.80 bits per heavy atom. The van der Waals surface area contributed by atoms with Crippen molar-refractivity contribution < 1.29 is 9.53 Å². The van der Waals surface area contributed by atoms with E-state index in [2.05, 4.69) is 38.0 Å². The first-order valence-electron chi connectivity index (χ1n) is 11.0. The Morgan fingerprint density at radius 1 is 1.13 bits per heavy atom. The predicted molar refractivity (Wildman–Crippen MR) is 123 cm³/mol. The molecule has 1 heterocycles. The van der Waals surface area contributed by atoms with E-state index in [4.69, 9.17) is 4.74 Å². The highest BCUT2D eigenvalue weighted by Gasteiger charge is 2.23. The Balaban J connectivity index is 2.07. The summed E-state index contributed by atoms with van der Waals surface area (Å²) in [7, 11) is 1.69. The van der Waals surface area contributed by atoms with E-state index in [0.717, 1.165) is 31.9 Å². The lowest BCUT2D eigenvalue weighted by molar-refractivity contribution is -0.121. The number of nitrogens with one attached hydrogen (secondary N) is 3. The van der Waals surface area contributed by atoms with Crippen molar-refractivity contribution in [3.63, 3.8) is 0 Å². The summed E-state index contributed by atoms with van der Waals surface area (Å²) in [6.45, 7) is 11.7. The van der Waals surface area contributed by atoms with Crippen LogP contribution in [-0.2, 0) is 4.79 Å². The first-order valence-corrected chi connectivity index (χ1v) is 11.0. The van der Waals surface area contributed by atoms with Crippen molar-refractivity contribution in [1.82, 2.24) is 20.9 Å². The van der Waals surface area contributed by atoms with Gasteiger partial charge in [-0.3, -0.25) is 9.69 Å². The zero-order valence-electron chi connectivity index (χ0n) is 19.3. The standard InChI is InChI=1S/C23H39N5O2/c1-6-24-22(26-17-21(29)27-23(2,3)4)25-16-20(28-14-8-7-9-15-28)18-10-12-19(30-5)13-11-18/h10-13,20H,6-9,14-17H2,1-5H3,(H,27,29)(H2,24,25,26). The maximum absolute atomic E-state index is 12.1. The third-order valence-corrected chi connectivity index (χ3v) is 5.03. The van der Waals surface area contributed by atoms with Gasteiger partial charge in [0.15, 0.2) is 5.96 Å². The first kappa shape index (κ1) is 24.0. The number of hydrogen-bond donors (Lipinski definition) is 3. The summed E-state index contributed by atoms with van der Waals surface area (Å²) >= 11 is 0. The molecule has 0 bridgehead atoms. The molecule has 0 aliphatic carbocycles. The minimum Gasteiger partial charge on any atom is -0.497 e. The van der Waals surface area contributed by atoms with Crippen molar-refractivity contribution in [3.05, 3.63) is 29.8 Å². The van der Waals surface area contributed by atoms with Gasteiger partial charge in [0.25, 0.3) is 0 Å². The number of piperidine rings is 1. The highest BCUT2D eigenvalue weighted by molar-refractivity contribution is 5.85. The van der Waals surface area contributed by atoms with E-state index in [1.54, 1.807) is 7.11 Å². The molecule has 0 spiro atoms. The molecule has 0 aromatic heterocycles. The van der Waals surface area contributed by atoms with Crippen LogP contribution in [0.1, 0.15) is 58.6 Å². The summed E-state index contributed by atoms with van der Waals surface area (Å²) in [4.78, 5) is 19.2. The van der Waals surface area contributed by atoms with Crippen molar-refractivity contribution in [2.75, 3.05) is 39.8 Å². The molecule has 0 saturated carbocycles. The number of likely N-dealkylation sites (tertiary alicyclic amines) is 1. The minimum absolute atomic E-state index is 0.0811. The van der Waals surface area contributed by atoms with Crippen LogP contribution in [0.25, 0.3) is 0 Å². The number of guanidine groups is 1. The van der Waals surface area contributed by atoms with Crippen molar-refractivity contribution in [2.45, 2.75) is 58.5 Å². The van der Waals surface area contributed by atoms with Crippen LogP contribution in [0.15, 0.2) is 29.3 Å². The number of benzene rings is 1. The monoisotopic (exact) mass is 417 g/mol. The fourth-order valence-corrected chi connectivity index (χ4v) is 3.66. The predicted octanol–water partition coefficient (Wildman–Crippen LogP) is 2.69. The molecule has 2 rings (SSSR count). The largest absolute Gasteiger partial charge is 0.497 e. The molecular formula is C23H39N5O2.